The molecule has 5 rings (SSSR count). The van der Waals surface area contributed by atoms with Crippen LogP contribution in [0.1, 0.15) is 20.3 Å². The maximum Gasteiger partial charge on any atom is 0.137 e. The number of carbonyl (C=O) groups excluding carboxylic acids is 2. The van der Waals surface area contributed by atoms with Crippen LogP contribution < -0.4 is 14.5 Å². The fourth-order valence-corrected chi connectivity index (χ4v) is 3.49. The average molecular weight is 565 g/mol. The summed E-state index contributed by atoms with van der Waals surface area (Å²) in [7, 11) is 2.05. The second-order valence-electron chi connectivity index (χ2n) is 6.96. The summed E-state index contributed by atoms with van der Waals surface area (Å²) >= 11 is 0. The number of benzene rings is 3. The van der Waals surface area contributed by atoms with Gasteiger partial charge >= 0.3 is 0 Å². The van der Waals surface area contributed by atoms with Crippen molar-refractivity contribution in [1.29, 1.82) is 0 Å². The van der Waals surface area contributed by atoms with E-state index < -0.39 is 0 Å². The molecular weight excluding hydrogens is 544 g/mol. The molecule has 0 unspecified atom stereocenters. The predicted molar refractivity (Wildman–Crippen MR) is 110 cm³/mol. The zero-order chi connectivity index (χ0) is 19.8. The van der Waals surface area contributed by atoms with Gasteiger partial charge in [0.2, 0.25) is 0 Å². The smallest absolute Gasteiger partial charge is 0.137 e. The summed E-state index contributed by atoms with van der Waals surface area (Å²) in [6, 6.07) is 19.8. The van der Waals surface area contributed by atoms with Crippen molar-refractivity contribution in [3.63, 3.8) is 0 Å². The third-order valence-corrected chi connectivity index (χ3v) is 4.62. The number of ketones is 2. The summed E-state index contributed by atoms with van der Waals surface area (Å²) in [5, 5.41) is 2.26. The molecule has 0 amide bonds. The molecule has 6 heteroatoms. The average Bonchev–Trinajstić information content (AvgIpc) is 3.00. The summed E-state index contributed by atoms with van der Waals surface area (Å²) in [4.78, 5) is 24.3. The van der Waals surface area contributed by atoms with E-state index in [0.29, 0.717) is 0 Å². The Balaban J connectivity index is 0.000000263. The maximum absolute atomic E-state index is 10.0. The fourth-order valence-electron chi connectivity index (χ4n) is 3.49. The molecule has 0 atom stereocenters. The van der Waals surface area contributed by atoms with Crippen molar-refractivity contribution in [1.82, 2.24) is 0 Å². The first-order chi connectivity index (χ1) is 13.5. The minimum absolute atomic E-state index is 0. The number of rotatable bonds is 2. The Kier molecular flexibility index (Phi) is 6.06. The third kappa shape index (κ3) is 3.91. The Bertz CT molecular complexity index is 1080. The summed E-state index contributed by atoms with van der Waals surface area (Å²) in [6.07, 6.45) is 0.0833. The quantitative estimate of drug-likeness (QED) is 0.324. The molecule has 5 nitrogen and oxygen atoms in total. The number of hydrogen-bond acceptors (Lipinski definition) is 5. The number of ether oxygens (including phenoxy) is 1. The van der Waals surface area contributed by atoms with Gasteiger partial charge in [-0.05, 0) is 33.0 Å². The molecule has 1 radical (unpaired) electrons. The van der Waals surface area contributed by atoms with Crippen molar-refractivity contribution >= 4 is 39.4 Å². The maximum atomic E-state index is 10.0. The van der Waals surface area contributed by atoms with Crippen LogP contribution in [0.4, 0.5) is 17.1 Å². The van der Waals surface area contributed by atoms with Crippen LogP contribution in [0.3, 0.4) is 0 Å². The largest absolute Gasteiger partial charge is 0.512 e. The topological polar surface area (TPSA) is 49.9 Å². The number of fused-ring (bicyclic) bond motifs is 4. The molecule has 29 heavy (non-hydrogen) atoms. The van der Waals surface area contributed by atoms with Gasteiger partial charge in [-0.15, -0.1) is 11.5 Å². The van der Waals surface area contributed by atoms with Crippen LogP contribution in [0, 0.1) is 12.7 Å². The molecule has 151 valence electrons. The van der Waals surface area contributed by atoms with Crippen LogP contribution in [0.25, 0.3) is 10.8 Å². The van der Waals surface area contributed by atoms with Crippen LogP contribution in [0.2, 0.25) is 0 Å². The molecule has 0 spiro atoms. The van der Waals surface area contributed by atoms with Gasteiger partial charge in [0, 0.05) is 31.5 Å². The molecule has 2 heterocycles. The number of Topliss-reactive ketones (excluding diaryl/α,β-unsaturated/α-hetero) is 2. The monoisotopic (exact) mass is 565 g/mol. The van der Waals surface area contributed by atoms with Crippen molar-refractivity contribution in [2.75, 3.05) is 16.8 Å². The van der Waals surface area contributed by atoms with Gasteiger partial charge in [-0.25, -0.2) is 0 Å². The van der Waals surface area contributed by atoms with Crippen molar-refractivity contribution < 1.29 is 34.4 Å². The molecular formula is C23H20IrN2O3-2. The fraction of sp³-hybridized carbons (Fsp3) is 0.174. The van der Waals surface area contributed by atoms with E-state index in [9.17, 15) is 9.59 Å². The molecule has 0 aliphatic carbocycles. The van der Waals surface area contributed by atoms with Crippen molar-refractivity contribution in [2.24, 2.45) is 0 Å². The molecule has 3 aromatic carbocycles. The number of hydrogen-bond donors (Lipinski definition) is 0. The minimum Gasteiger partial charge on any atom is -0.512 e. The summed E-state index contributed by atoms with van der Waals surface area (Å²) < 4.78 is 6.21. The number of carbonyl (C=O) groups is 2. The standard InChI is InChI=1S/C18H12N2O.C5H8O2.Ir/c1-19-11-20-15-10-9-12-5-2-3-6-13(12)18(15)21-16-8-4-7-14(19)17(16)20;1-4(6)3-5(2)7;/h2-9,11H,1H3;3H2,1-2H3;/q-2;;. The molecule has 0 saturated heterocycles. The van der Waals surface area contributed by atoms with E-state index in [2.05, 4.69) is 47.8 Å². The molecule has 2 aliphatic rings. The molecule has 0 saturated carbocycles. The first-order valence-corrected chi connectivity index (χ1v) is 9.06. The molecule has 0 bridgehead atoms. The van der Waals surface area contributed by atoms with Crippen molar-refractivity contribution in [3.8, 4) is 11.5 Å². The Labute approximate surface area is 183 Å². The van der Waals surface area contributed by atoms with E-state index in [1.165, 1.54) is 13.8 Å². The van der Waals surface area contributed by atoms with Gasteiger partial charge in [-0.2, -0.15) is 18.8 Å². The zero-order valence-electron chi connectivity index (χ0n) is 16.4. The molecule has 0 fully saturated rings. The Morgan fingerprint density at radius 2 is 1.79 bits per heavy atom. The van der Waals surface area contributed by atoms with Gasteiger partial charge in [-0.1, -0.05) is 35.3 Å². The summed E-state index contributed by atoms with van der Waals surface area (Å²) in [6.45, 7) is 4.89. The van der Waals surface area contributed by atoms with E-state index in [1.807, 2.05) is 30.3 Å². The van der Waals surface area contributed by atoms with Crippen LogP contribution in [-0.2, 0) is 29.7 Å². The third-order valence-electron chi connectivity index (χ3n) is 4.62. The van der Waals surface area contributed by atoms with Gasteiger partial charge in [0.05, 0.1) is 12.1 Å². The Hall–Kier alpha value is -2.69. The predicted octanol–water partition coefficient (Wildman–Crippen LogP) is 5.00. The van der Waals surface area contributed by atoms with Crippen LogP contribution in [0.15, 0.2) is 48.5 Å². The van der Waals surface area contributed by atoms with E-state index in [4.69, 9.17) is 4.74 Å². The van der Waals surface area contributed by atoms with Gasteiger partial charge in [0.25, 0.3) is 0 Å². The van der Waals surface area contributed by atoms with E-state index in [0.717, 1.165) is 39.3 Å². The molecule has 0 aromatic heterocycles. The van der Waals surface area contributed by atoms with Crippen LogP contribution >= 0.6 is 0 Å². The normalized spacial score (nSPS) is 12.8. The first kappa shape index (κ1) is 21.0. The SMILES string of the molecule is CC(=O)CC(C)=O.CN1[CH-]N2c3[c-]cc4ccccc4c3Oc3cccc1c32.[Ir]. The van der Waals surface area contributed by atoms with Gasteiger partial charge in [0.15, 0.2) is 0 Å². The number of nitrogens with zero attached hydrogens (tertiary/aromatic N) is 2. The molecule has 2 aliphatic heterocycles. The van der Waals surface area contributed by atoms with E-state index in [-0.39, 0.29) is 38.1 Å². The van der Waals surface area contributed by atoms with Gasteiger partial charge in [0.1, 0.15) is 17.3 Å². The molecule has 0 N–H and O–H groups in total. The van der Waals surface area contributed by atoms with Crippen molar-refractivity contribution in [2.45, 2.75) is 20.3 Å². The second kappa shape index (κ2) is 8.36. The first-order valence-electron chi connectivity index (χ1n) is 9.06. The summed E-state index contributed by atoms with van der Waals surface area (Å²) in [5.74, 6) is 1.65. The molecule has 3 aromatic rings. The number of anilines is 3. The second-order valence-corrected chi connectivity index (χ2v) is 6.96. The zero-order valence-corrected chi connectivity index (χ0v) is 18.8. The Morgan fingerprint density at radius 3 is 2.48 bits per heavy atom. The number of para-hydroxylation sites is 1. The van der Waals surface area contributed by atoms with Crippen LogP contribution in [0.5, 0.6) is 11.5 Å². The van der Waals surface area contributed by atoms with Gasteiger partial charge < -0.3 is 14.5 Å². The van der Waals surface area contributed by atoms with E-state index >= 15 is 0 Å². The van der Waals surface area contributed by atoms with E-state index in [1.54, 1.807) is 0 Å². The summed E-state index contributed by atoms with van der Waals surface area (Å²) in [5.41, 5.74) is 3.22. The van der Waals surface area contributed by atoms with Gasteiger partial charge in [-0.3, -0.25) is 9.59 Å². The Morgan fingerprint density at radius 1 is 1.07 bits per heavy atom. The van der Waals surface area contributed by atoms with Crippen LogP contribution in [-0.4, -0.2) is 18.6 Å². The van der Waals surface area contributed by atoms with Crippen molar-refractivity contribution in [3.05, 3.63) is 61.3 Å². The minimum atomic E-state index is -0.0625.